The average molecular weight is 254 g/mol. The van der Waals surface area contributed by atoms with Crippen LogP contribution in [0.1, 0.15) is 39.5 Å². The summed E-state index contributed by atoms with van der Waals surface area (Å²) in [5.74, 6) is 2.96. The third-order valence-corrected chi connectivity index (χ3v) is 4.75. The molecule has 0 aromatic heterocycles. The van der Waals surface area contributed by atoms with Gasteiger partial charge in [0, 0.05) is 25.2 Å². The van der Waals surface area contributed by atoms with Crippen molar-refractivity contribution in [3.05, 3.63) is 0 Å². The van der Waals surface area contributed by atoms with Crippen molar-refractivity contribution in [1.82, 2.24) is 10.2 Å². The molecule has 2 rings (SSSR count). The van der Waals surface area contributed by atoms with Gasteiger partial charge in [0.05, 0.1) is 6.61 Å². The van der Waals surface area contributed by atoms with Crippen LogP contribution < -0.4 is 5.32 Å². The summed E-state index contributed by atoms with van der Waals surface area (Å²) in [6.45, 7) is 6.69. The molecule has 18 heavy (non-hydrogen) atoms. The van der Waals surface area contributed by atoms with Gasteiger partial charge in [-0.1, -0.05) is 20.3 Å². The summed E-state index contributed by atoms with van der Waals surface area (Å²) >= 11 is 0. The molecule has 2 aliphatic rings. The molecular weight excluding hydrogens is 224 g/mol. The summed E-state index contributed by atoms with van der Waals surface area (Å²) < 4.78 is 0. The molecule has 0 amide bonds. The first-order valence-corrected chi connectivity index (χ1v) is 7.64. The van der Waals surface area contributed by atoms with Crippen LogP contribution in [-0.4, -0.2) is 48.8 Å². The van der Waals surface area contributed by atoms with Gasteiger partial charge in [0.1, 0.15) is 0 Å². The number of hydrogen-bond donors (Lipinski definition) is 2. The SMILES string of the molecule is CC(C)NC(CO)CN(C)CC1CC2CCC1C2. The second kappa shape index (κ2) is 6.36. The van der Waals surface area contributed by atoms with Gasteiger partial charge in [-0.15, -0.1) is 0 Å². The number of aliphatic hydroxyl groups is 1. The van der Waals surface area contributed by atoms with Gasteiger partial charge in [-0.05, 0) is 44.1 Å². The first-order valence-electron chi connectivity index (χ1n) is 7.64. The standard InChI is InChI=1S/C15H30N2O/c1-11(2)16-15(10-18)9-17(3)8-14-7-12-4-5-13(14)6-12/h11-16,18H,4-10H2,1-3H3. The lowest BCUT2D eigenvalue weighted by molar-refractivity contribution is 0.165. The largest absolute Gasteiger partial charge is 0.395 e. The van der Waals surface area contributed by atoms with Crippen LogP contribution in [0.4, 0.5) is 0 Å². The fourth-order valence-electron chi connectivity index (χ4n) is 4.09. The zero-order valence-corrected chi connectivity index (χ0v) is 12.2. The number of aliphatic hydroxyl groups excluding tert-OH is 1. The minimum atomic E-state index is 0.216. The maximum Gasteiger partial charge on any atom is 0.0597 e. The monoisotopic (exact) mass is 254 g/mol. The molecule has 2 saturated carbocycles. The maximum atomic E-state index is 9.40. The van der Waals surface area contributed by atoms with Crippen molar-refractivity contribution in [3.8, 4) is 0 Å². The lowest BCUT2D eigenvalue weighted by atomic mass is 9.88. The van der Waals surface area contributed by atoms with Gasteiger partial charge < -0.3 is 15.3 Å². The normalized spacial score (nSPS) is 32.7. The van der Waals surface area contributed by atoms with Gasteiger partial charge in [-0.2, -0.15) is 0 Å². The van der Waals surface area contributed by atoms with Crippen LogP contribution >= 0.6 is 0 Å². The highest BCUT2D eigenvalue weighted by Gasteiger charge is 2.39. The Hall–Kier alpha value is -0.120. The Morgan fingerprint density at radius 3 is 2.56 bits per heavy atom. The number of fused-ring (bicyclic) bond motifs is 2. The Bertz CT molecular complexity index is 257. The Morgan fingerprint density at radius 1 is 1.28 bits per heavy atom. The van der Waals surface area contributed by atoms with Crippen LogP contribution in [0.15, 0.2) is 0 Å². The van der Waals surface area contributed by atoms with Crippen LogP contribution in [-0.2, 0) is 0 Å². The minimum Gasteiger partial charge on any atom is -0.395 e. The number of nitrogens with one attached hydrogen (secondary N) is 1. The fraction of sp³-hybridized carbons (Fsp3) is 1.00. The van der Waals surface area contributed by atoms with Crippen LogP contribution in [0.25, 0.3) is 0 Å². The van der Waals surface area contributed by atoms with Crippen molar-refractivity contribution in [2.24, 2.45) is 17.8 Å². The molecule has 106 valence electrons. The summed E-state index contributed by atoms with van der Waals surface area (Å²) in [5.41, 5.74) is 0. The highest BCUT2D eigenvalue weighted by molar-refractivity contribution is 4.91. The lowest BCUT2D eigenvalue weighted by Gasteiger charge is -2.30. The Kier molecular flexibility index (Phi) is 5.05. The van der Waals surface area contributed by atoms with E-state index in [-0.39, 0.29) is 12.6 Å². The maximum absolute atomic E-state index is 9.40. The molecule has 0 radical (unpaired) electrons. The van der Waals surface area contributed by atoms with Crippen LogP contribution in [0.5, 0.6) is 0 Å². The summed E-state index contributed by atoms with van der Waals surface area (Å²) in [4.78, 5) is 2.42. The molecule has 0 aromatic carbocycles. The van der Waals surface area contributed by atoms with Crippen LogP contribution in [0.2, 0.25) is 0 Å². The second-order valence-corrected chi connectivity index (χ2v) is 6.86. The first-order chi connectivity index (χ1) is 8.58. The summed E-state index contributed by atoms with van der Waals surface area (Å²) in [5, 5.41) is 12.8. The van der Waals surface area contributed by atoms with Gasteiger partial charge in [0.25, 0.3) is 0 Å². The first kappa shape index (κ1) is 14.3. The molecule has 2 fully saturated rings. The van der Waals surface area contributed by atoms with E-state index >= 15 is 0 Å². The van der Waals surface area contributed by atoms with Crippen molar-refractivity contribution < 1.29 is 5.11 Å². The molecule has 2 N–H and O–H groups in total. The van der Waals surface area contributed by atoms with Crippen molar-refractivity contribution in [2.75, 3.05) is 26.7 Å². The van der Waals surface area contributed by atoms with E-state index in [1.165, 1.54) is 32.2 Å². The molecule has 3 heteroatoms. The van der Waals surface area contributed by atoms with Crippen LogP contribution in [0, 0.1) is 17.8 Å². The Balaban J connectivity index is 1.72. The molecule has 2 aliphatic carbocycles. The number of likely N-dealkylation sites (N-methyl/N-ethyl adjacent to an activating group) is 1. The van der Waals surface area contributed by atoms with E-state index in [9.17, 15) is 5.11 Å². The van der Waals surface area contributed by atoms with Crippen molar-refractivity contribution in [1.29, 1.82) is 0 Å². The van der Waals surface area contributed by atoms with E-state index in [2.05, 4.69) is 31.1 Å². The fourth-order valence-corrected chi connectivity index (χ4v) is 4.09. The van der Waals surface area contributed by atoms with Gasteiger partial charge in [-0.3, -0.25) is 0 Å². The molecule has 0 saturated heterocycles. The molecule has 2 bridgehead atoms. The average Bonchev–Trinajstić information content (AvgIpc) is 2.89. The summed E-state index contributed by atoms with van der Waals surface area (Å²) in [6.07, 6.45) is 5.90. The smallest absolute Gasteiger partial charge is 0.0597 e. The zero-order chi connectivity index (χ0) is 13.1. The number of nitrogens with zero attached hydrogens (tertiary/aromatic N) is 1. The highest BCUT2D eigenvalue weighted by Crippen LogP contribution is 2.48. The minimum absolute atomic E-state index is 0.216. The number of rotatable bonds is 7. The van der Waals surface area contributed by atoms with E-state index < -0.39 is 0 Å². The lowest BCUT2D eigenvalue weighted by Crippen LogP contribution is -2.46. The van der Waals surface area contributed by atoms with Gasteiger partial charge in [0.15, 0.2) is 0 Å². The molecule has 0 spiro atoms. The third-order valence-electron chi connectivity index (χ3n) is 4.75. The Morgan fingerprint density at radius 2 is 2.06 bits per heavy atom. The molecule has 4 atom stereocenters. The summed E-state index contributed by atoms with van der Waals surface area (Å²) in [7, 11) is 2.21. The van der Waals surface area contributed by atoms with Crippen molar-refractivity contribution in [2.45, 2.75) is 51.6 Å². The van der Waals surface area contributed by atoms with Gasteiger partial charge in [-0.25, -0.2) is 0 Å². The highest BCUT2D eigenvalue weighted by atomic mass is 16.3. The zero-order valence-electron chi connectivity index (χ0n) is 12.2. The van der Waals surface area contributed by atoms with Crippen molar-refractivity contribution >= 4 is 0 Å². The van der Waals surface area contributed by atoms with E-state index in [4.69, 9.17) is 0 Å². The van der Waals surface area contributed by atoms with E-state index in [1.807, 2.05) is 0 Å². The van der Waals surface area contributed by atoms with Gasteiger partial charge in [0.2, 0.25) is 0 Å². The van der Waals surface area contributed by atoms with E-state index in [0.717, 1.165) is 24.3 Å². The molecule has 3 nitrogen and oxygen atoms in total. The predicted octanol–water partition coefficient (Wildman–Crippen LogP) is 1.71. The quantitative estimate of drug-likeness (QED) is 0.726. The molecular formula is C15H30N2O. The molecule has 4 unspecified atom stereocenters. The van der Waals surface area contributed by atoms with E-state index in [1.54, 1.807) is 0 Å². The van der Waals surface area contributed by atoms with Crippen LogP contribution in [0.3, 0.4) is 0 Å². The number of hydrogen-bond acceptors (Lipinski definition) is 3. The van der Waals surface area contributed by atoms with Gasteiger partial charge >= 0.3 is 0 Å². The topological polar surface area (TPSA) is 35.5 Å². The van der Waals surface area contributed by atoms with E-state index in [0.29, 0.717) is 6.04 Å². The molecule has 0 heterocycles. The summed E-state index contributed by atoms with van der Waals surface area (Å²) in [6, 6.07) is 0.659. The van der Waals surface area contributed by atoms with Crippen molar-refractivity contribution in [3.63, 3.8) is 0 Å². The second-order valence-electron chi connectivity index (χ2n) is 6.86. The molecule has 0 aliphatic heterocycles. The predicted molar refractivity (Wildman–Crippen MR) is 75.6 cm³/mol. The Labute approximate surface area is 112 Å². The third kappa shape index (κ3) is 3.69. The molecule has 0 aromatic rings.